The van der Waals surface area contributed by atoms with E-state index in [9.17, 15) is 0 Å². The molecule has 0 aliphatic carbocycles. The first kappa shape index (κ1) is 30.9. The maximum Gasteiger partial charge on any atom is 0 e. The molecular weight excluding hydrogens is 161 g/mol. The van der Waals surface area contributed by atoms with Gasteiger partial charge >= 0.3 is 0 Å². The van der Waals surface area contributed by atoms with Gasteiger partial charge in [0.25, 0.3) is 0 Å². The minimum atomic E-state index is 0. The van der Waals surface area contributed by atoms with Crippen molar-refractivity contribution in [2.45, 2.75) is 19.3 Å². The van der Waals surface area contributed by atoms with Crippen LogP contribution in [-0.2, 0) is 0 Å². The predicted molar refractivity (Wildman–Crippen MR) is 42.5 cm³/mol. The first-order valence-electron chi connectivity index (χ1n) is 2.71. The van der Waals surface area contributed by atoms with Crippen LogP contribution in [0.2, 0.25) is 0 Å². The Kier molecular flexibility index (Phi) is 63.5. The van der Waals surface area contributed by atoms with Crippen molar-refractivity contribution in [3.05, 3.63) is 0 Å². The summed E-state index contributed by atoms with van der Waals surface area (Å²) in [7, 11) is 0. The minimum Gasteiger partial charge on any atom is -0.317 e. The topological polar surface area (TPSA) is 12.0 Å². The smallest absolute Gasteiger partial charge is 0 e. The highest BCUT2D eigenvalue weighted by Crippen LogP contribution is 1.96. The summed E-state index contributed by atoms with van der Waals surface area (Å²) in [6.07, 6.45) is 4.22. The average molecular weight is 176 g/mol. The van der Waals surface area contributed by atoms with E-state index in [1.807, 2.05) is 0 Å². The van der Waals surface area contributed by atoms with Gasteiger partial charge in [-0.3, -0.25) is 18.8 Å². The molecule has 11 heavy (non-hydrogen) atoms. The van der Waals surface area contributed by atoms with Crippen LogP contribution in [0.5, 0.6) is 0 Å². The molecule has 1 rings (SSSR count). The highest BCUT2D eigenvalue weighted by molar-refractivity contribution is 5.75. The summed E-state index contributed by atoms with van der Waals surface area (Å²) in [4.78, 5) is 0. The van der Waals surface area contributed by atoms with E-state index < -0.39 is 0 Å². The molecule has 71 valence electrons. The van der Waals surface area contributed by atoms with E-state index in [1.54, 1.807) is 0 Å². The van der Waals surface area contributed by atoms with Gasteiger partial charge in [0.2, 0.25) is 0 Å². The summed E-state index contributed by atoms with van der Waals surface area (Å²) in [5.41, 5.74) is 0. The fraction of sp³-hybridized carbons (Fsp3) is 1.00. The van der Waals surface area contributed by atoms with Crippen LogP contribution < -0.4 is 5.32 Å². The van der Waals surface area contributed by atoms with Gasteiger partial charge in [-0.05, 0) is 25.9 Å². The van der Waals surface area contributed by atoms with Gasteiger partial charge in [-0.15, -0.1) is 0 Å². The van der Waals surface area contributed by atoms with Crippen molar-refractivity contribution in [1.29, 1.82) is 0 Å². The standard InChI is InChI=1S/C5H11N.B.4FH/c1-2-4-6-5-3-1;;;;;/h6H,1-5H2;;4*1H. The monoisotopic (exact) mass is 176 g/mol. The number of hydrogen-bond acceptors (Lipinski definition) is 1. The van der Waals surface area contributed by atoms with Gasteiger partial charge in [0.05, 0.1) is 0 Å². The van der Waals surface area contributed by atoms with E-state index in [1.165, 1.54) is 32.4 Å². The van der Waals surface area contributed by atoms with Crippen molar-refractivity contribution in [3.63, 3.8) is 0 Å². The molecule has 1 N–H and O–H groups in total. The molecule has 0 spiro atoms. The van der Waals surface area contributed by atoms with Gasteiger partial charge in [0.15, 0.2) is 0 Å². The quantitative estimate of drug-likeness (QED) is 0.428. The number of piperidine rings is 1. The lowest BCUT2D eigenvalue weighted by atomic mass is 10.2. The lowest BCUT2D eigenvalue weighted by Crippen LogP contribution is -2.21. The summed E-state index contributed by atoms with van der Waals surface area (Å²) in [6, 6.07) is 0. The van der Waals surface area contributed by atoms with E-state index in [0.29, 0.717) is 0 Å². The van der Waals surface area contributed by atoms with Crippen molar-refractivity contribution >= 4 is 8.41 Å². The maximum absolute atomic E-state index is 3.28. The number of nitrogens with one attached hydrogen (secondary N) is 1. The molecular formula is C5H15BF4N. The highest BCUT2D eigenvalue weighted by Gasteiger charge is 1.93. The average Bonchev–Trinajstić information content (AvgIpc) is 1.72. The fourth-order valence-electron chi connectivity index (χ4n) is 0.802. The Bertz CT molecular complexity index is 34.0. The Morgan fingerprint density at radius 3 is 1.09 bits per heavy atom. The van der Waals surface area contributed by atoms with Crippen LogP contribution in [0.1, 0.15) is 19.3 Å². The summed E-state index contributed by atoms with van der Waals surface area (Å²) in [5.74, 6) is 0. The molecule has 1 heterocycles. The molecule has 1 nitrogen and oxygen atoms in total. The molecule has 0 amide bonds. The molecule has 0 unspecified atom stereocenters. The zero-order valence-corrected chi connectivity index (χ0v) is 6.25. The van der Waals surface area contributed by atoms with Crippen LogP contribution in [0, 0.1) is 0 Å². The van der Waals surface area contributed by atoms with Crippen molar-refractivity contribution < 1.29 is 18.8 Å². The Morgan fingerprint density at radius 1 is 0.636 bits per heavy atom. The predicted octanol–water partition coefficient (Wildman–Crippen LogP) is 0.989. The minimum absolute atomic E-state index is 0. The molecule has 1 aliphatic rings. The summed E-state index contributed by atoms with van der Waals surface area (Å²) in [5, 5.41) is 3.28. The molecule has 0 aromatic carbocycles. The highest BCUT2D eigenvalue weighted by atomic mass is 19.0. The van der Waals surface area contributed by atoms with E-state index in [0.717, 1.165) is 0 Å². The molecule has 1 aliphatic heterocycles. The second-order valence-electron chi connectivity index (χ2n) is 1.81. The van der Waals surface area contributed by atoms with Gasteiger partial charge in [-0.25, -0.2) is 0 Å². The first-order valence-corrected chi connectivity index (χ1v) is 2.71. The lowest BCUT2D eigenvalue weighted by Gasteiger charge is -2.08. The SMILES string of the molecule is C1CCNCC1.F.F.F.F.[B]. The Hall–Kier alpha value is -0.255. The number of halogens is 4. The molecule has 0 aromatic rings. The van der Waals surface area contributed by atoms with E-state index in [4.69, 9.17) is 0 Å². The molecule has 3 radical (unpaired) electrons. The zero-order valence-electron chi connectivity index (χ0n) is 6.25. The van der Waals surface area contributed by atoms with Crippen molar-refractivity contribution in [2.24, 2.45) is 0 Å². The van der Waals surface area contributed by atoms with Gasteiger partial charge < -0.3 is 5.32 Å². The molecule has 0 aromatic heterocycles. The van der Waals surface area contributed by atoms with E-state index in [-0.39, 0.29) is 27.2 Å². The van der Waals surface area contributed by atoms with Crippen molar-refractivity contribution in [3.8, 4) is 0 Å². The molecule has 0 atom stereocenters. The Labute approximate surface area is 66.0 Å². The van der Waals surface area contributed by atoms with Gasteiger partial charge in [-0.2, -0.15) is 0 Å². The normalized spacial score (nSPS) is 13.1. The second kappa shape index (κ2) is 22.6. The van der Waals surface area contributed by atoms with E-state index in [2.05, 4.69) is 5.32 Å². The third-order valence-corrected chi connectivity index (χ3v) is 1.21. The van der Waals surface area contributed by atoms with Crippen LogP contribution in [-0.4, -0.2) is 21.5 Å². The van der Waals surface area contributed by atoms with E-state index >= 15 is 0 Å². The lowest BCUT2D eigenvalue weighted by molar-refractivity contribution is 0.520. The maximum atomic E-state index is 3.28. The van der Waals surface area contributed by atoms with Crippen LogP contribution in [0.15, 0.2) is 0 Å². The molecule has 6 heteroatoms. The van der Waals surface area contributed by atoms with Crippen LogP contribution in [0.3, 0.4) is 0 Å². The number of rotatable bonds is 0. The summed E-state index contributed by atoms with van der Waals surface area (Å²) >= 11 is 0. The van der Waals surface area contributed by atoms with Crippen LogP contribution >= 0.6 is 0 Å². The van der Waals surface area contributed by atoms with Gasteiger partial charge in [0.1, 0.15) is 0 Å². The molecule has 1 saturated heterocycles. The Morgan fingerprint density at radius 2 is 1.00 bits per heavy atom. The van der Waals surface area contributed by atoms with Crippen molar-refractivity contribution in [2.75, 3.05) is 13.1 Å². The molecule has 1 fully saturated rings. The van der Waals surface area contributed by atoms with Crippen LogP contribution in [0.25, 0.3) is 0 Å². The van der Waals surface area contributed by atoms with Crippen LogP contribution in [0.4, 0.5) is 18.8 Å². The van der Waals surface area contributed by atoms with Gasteiger partial charge in [-0.1, -0.05) is 6.42 Å². The largest absolute Gasteiger partial charge is 0.317 e. The third kappa shape index (κ3) is 17.7. The van der Waals surface area contributed by atoms with Gasteiger partial charge in [0, 0.05) is 8.41 Å². The first-order chi connectivity index (χ1) is 3.00. The van der Waals surface area contributed by atoms with Crippen molar-refractivity contribution in [1.82, 2.24) is 5.32 Å². The summed E-state index contributed by atoms with van der Waals surface area (Å²) < 4.78 is 0. The Balaban J connectivity index is -0.0000000240. The third-order valence-electron chi connectivity index (χ3n) is 1.21. The molecule has 0 saturated carbocycles. The summed E-state index contributed by atoms with van der Waals surface area (Å²) in [6.45, 7) is 2.50. The molecule has 0 bridgehead atoms. The zero-order chi connectivity index (χ0) is 4.24. The fourth-order valence-corrected chi connectivity index (χ4v) is 0.802. The second-order valence-corrected chi connectivity index (χ2v) is 1.81. The number of hydrogen-bond donors (Lipinski definition) is 1.